The summed E-state index contributed by atoms with van der Waals surface area (Å²) >= 11 is 3.23. The molecule has 5 heteroatoms. The summed E-state index contributed by atoms with van der Waals surface area (Å²) in [6, 6.07) is 5.42. The Hall–Kier alpha value is -0.940. The Labute approximate surface area is 128 Å². The molecule has 1 heterocycles. The molecule has 4 nitrogen and oxygen atoms in total. The first-order valence-electron chi connectivity index (χ1n) is 7.03. The van der Waals surface area contributed by atoms with Gasteiger partial charge in [0.15, 0.2) is 0 Å². The number of hydrogen-bond acceptors (Lipinski definition) is 3. The van der Waals surface area contributed by atoms with Gasteiger partial charge in [-0.25, -0.2) is 0 Å². The molecule has 0 atom stereocenters. The van der Waals surface area contributed by atoms with Crippen LogP contribution in [-0.2, 0) is 6.54 Å². The van der Waals surface area contributed by atoms with Crippen molar-refractivity contribution in [2.45, 2.75) is 39.7 Å². The van der Waals surface area contributed by atoms with Crippen LogP contribution in [0.5, 0.6) is 0 Å². The third-order valence-corrected chi connectivity index (χ3v) is 4.72. The van der Waals surface area contributed by atoms with Crippen molar-refractivity contribution in [1.82, 2.24) is 4.90 Å². The lowest BCUT2D eigenvalue weighted by Gasteiger charge is -2.23. The van der Waals surface area contributed by atoms with Crippen molar-refractivity contribution in [3.63, 3.8) is 0 Å². The van der Waals surface area contributed by atoms with Crippen molar-refractivity contribution < 1.29 is 4.92 Å². The summed E-state index contributed by atoms with van der Waals surface area (Å²) in [6.07, 6.45) is 3.64. The van der Waals surface area contributed by atoms with Gasteiger partial charge in [-0.2, -0.15) is 0 Å². The van der Waals surface area contributed by atoms with Gasteiger partial charge in [0.2, 0.25) is 0 Å². The molecule has 0 radical (unpaired) electrons. The maximum absolute atomic E-state index is 11.0. The van der Waals surface area contributed by atoms with E-state index in [9.17, 15) is 10.1 Å². The Balaban J connectivity index is 2.06. The first-order valence-corrected chi connectivity index (χ1v) is 7.82. The predicted molar refractivity (Wildman–Crippen MR) is 83.7 cm³/mol. The SMILES string of the molecule is CC1(C)CCCN(Cc2ccc(Br)c([N+](=O)[O-])c2)CC1. The molecule has 110 valence electrons. The zero-order chi connectivity index (χ0) is 14.8. The molecule has 0 aromatic heterocycles. The summed E-state index contributed by atoms with van der Waals surface area (Å²) < 4.78 is 0.545. The smallest absolute Gasteiger partial charge is 0.283 e. The van der Waals surface area contributed by atoms with Crippen LogP contribution in [0.1, 0.15) is 38.7 Å². The van der Waals surface area contributed by atoms with E-state index in [2.05, 4.69) is 34.7 Å². The Morgan fingerprint density at radius 2 is 2.10 bits per heavy atom. The van der Waals surface area contributed by atoms with Crippen molar-refractivity contribution >= 4 is 21.6 Å². The van der Waals surface area contributed by atoms with Crippen LogP contribution in [-0.4, -0.2) is 22.9 Å². The second-order valence-electron chi connectivity index (χ2n) is 6.34. The van der Waals surface area contributed by atoms with Gasteiger partial charge >= 0.3 is 0 Å². The minimum atomic E-state index is -0.334. The number of nitro groups is 1. The predicted octanol–water partition coefficient (Wildman–Crippen LogP) is 4.37. The first-order chi connectivity index (χ1) is 9.37. The van der Waals surface area contributed by atoms with Gasteiger partial charge < -0.3 is 0 Å². The second-order valence-corrected chi connectivity index (χ2v) is 7.19. The van der Waals surface area contributed by atoms with Crippen LogP contribution in [0.2, 0.25) is 0 Å². The molecule has 0 amide bonds. The molecule has 1 aliphatic rings. The average molecular weight is 341 g/mol. The van der Waals surface area contributed by atoms with Crippen molar-refractivity contribution in [2.24, 2.45) is 5.41 Å². The third-order valence-electron chi connectivity index (χ3n) is 4.05. The Bertz CT molecular complexity index is 503. The third kappa shape index (κ3) is 4.03. The molecule has 1 aromatic carbocycles. The highest BCUT2D eigenvalue weighted by molar-refractivity contribution is 9.10. The molecular weight excluding hydrogens is 320 g/mol. The molecule has 0 bridgehead atoms. The van der Waals surface area contributed by atoms with E-state index in [0.717, 1.165) is 25.2 Å². The van der Waals surface area contributed by atoms with E-state index in [1.54, 1.807) is 12.1 Å². The summed E-state index contributed by atoms with van der Waals surface area (Å²) in [5.41, 5.74) is 1.58. The first kappa shape index (κ1) is 15.4. The maximum Gasteiger partial charge on any atom is 0.283 e. The van der Waals surface area contributed by atoms with Crippen molar-refractivity contribution in [3.8, 4) is 0 Å². The highest BCUT2D eigenvalue weighted by Crippen LogP contribution is 2.31. The van der Waals surface area contributed by atoms with Crippen LogP contribution in [0.4, 0.5) is 5.69 Å². The minimum Gasteiger partial charge on any atom is -0.299 e. The number of halogens is 1. The molecular formula is C15H21BrN2O2. The Morgan fingerprint density at radius 1 is 1.35 bits per heavy atom. The summed E-state index contributed by atoms with van der Waals surface area (Å²) in [4.78, 5) is 13.0. The van der Waals surface area contributed by atoms with Gasteiger partial charge in [0.25, 0.3) is 5.69 Å². The van der Waals surface area contributed by atoms with Gasteiger partial charge in [-0.1, -0.05) is 19.9 Å². The second kappa shape index (κ2) is 6.22. The summed E-state index contributed by atoms with van der Waals surface area (Å²) in [6.45, 7) is 7.58. The summed E-state index contributed by atoms with van der Waals surface area (Å²) in [5.74, 6) is 0. The van der Waals surface area contributed by atoms with Crippen LogP contribution >= 0.6 is 15.9 Å². The lowest BCUT2D eigenvalue weighted by molar-refractivity contribution is -0.385. The van der Waals surface area contributed by atoms with E-state index < -0.39 is 0 Å². The monoisotopic (exact) mass is 340 g/mol. The lowest BCUT2D eigenvalue weighted by Crippen LogP contribution is -2.25. The Morgan fingerprint density at radius 3 is 2.80 bits per heavy atom. The van der Waals surface area contributed by atoms with E-state index in [-0.39, 0.29) is 10.6 Å². The molecule has 2 rings (SSSR count). The van der Waals surface area contributed by atoms with Gasteiger partial charge in [0.1, 0.15) is 0 Å². The number of nitrogens with zero attached hydrogens (tertiary/aromatic N) is 2. The highest BCUT2D eigenvalue weighted by atomic mass is 79.9. The van der Waals surface area contributed by atoms with Crippen LogP contribution in [0.25, 0.3) is 0 Å². The van der Waals surface area contributed by atoms with Gasteiger partial charge in [0.05, 0.1) is 9.40 Å². The fraction of sp³-hybridized carbons (Fsp3) is 0.600. The summed E-state index contributed by atoms with van der Waals surface area (Å²) in [5, 5.41) is 11.0. The quantitative estimate of drug-likeness (QED) is 0.606. The molecule has 1 saturated heterocycles. The van der Waals surface area contributed by atoms with E-state index in [1.165, 1.54) is 19.3 Å². The number of benzene rings is 1. The number of hydrogen-bond donors (Lipinski definition) is 0. The van der Waals surface area contributed by atoms with Crippen molar-refractivity contribution in [3.05, 3.63) is 38.3 Å². The number of likely N-dealkylation sites (tertiary alicyclic amines) is 1. The largest absolute Gasteiger partial charge is 0.299 e. The molecule has 20 heavy (non-hydrogen) atoms. The average Bonchev–Trinajstić information content (AvgIpc) is 2.53. The maximum atomic E-state index is 11.0. The van der Waals surface area contributed by atoms with Crippen molar-refractivity contribution in [1.29, 1.82) is 0 Å². The van der Waals surface area contributed by atoms with Crippen LogP contribution < -0.4 is 0 Å². The van der Waals surface area contributed by atoms with Crippen LogP contribution in [0, 0.1) is 15.5 Å². The lowest BCUT2D eigenvalue weighted by atomic mass is 9.85. The van der Waals surface area contributed by atoms with Crippen LogP contribution in [0.3, 0.4) is 0 Å². The van der Waals surface area contributed by atoms with Gasteiger partial charge in [0, 0.05) is 12.6 Å². The van der Waals surface area contributed by atoms with E-state index in [0.29, 0.717) is 9.89 Å². The van der Waals surface area contributed by atoms with Gasteiger partial charge in [-0.15, -0.1) is 0 Å². The Kier molecular flexibility index (Phi) is 4.81. The standard InChI is InChI=1S/C15H21BrN2O2/c1-15(2)6-3-8-17(9-7-15)11-12-4-5-13(16)14(10-12)18(19)20/h4-5,10H,3,6-9,11H2,1-2H3. The normalized spacial score (nSPS) is 19.6. The molecule has 1 aromatic rings. The zero-order valence-electron chi connectivity index (χ0n) is 12.1. The van der Waals surface area contributed by atoms with Crippen molar-refractivity contribution in [2.75, 3.05) is 13.1 Å². The molecule has 1 fully saturated rings. The van der Waals surface area contributed by atoms with E-state index >= 15 is 0 Å². The number of rotatable bonds is 3. The fourth-order valence-electron chi connectivity index (χ4n) is 2.69. The molecule has 0 unspecified atom stereocenters. The van der Waals surface area contributed by atoms with E-state index in [1.807, 2.05) is 6.07 Å². The molecule has 0 aliphatic carbocycles. The van der Waals surface area contributed by atoms with E-state index in [4.69, 9.17) is 0 Å². The molecule has 1 aliphatic heterocycles. The fourth-order valence-corrected chi connectivity index (χ4v) is 3.08. The minimum absolute atomic E-state index is 0.151. The molecule has 0 saturated carbocycles. The van der Waals surface area contributed by atoms with Gasteiger partial charge in [-0.3, -0.25) is 15.0 Å². The topological polar surface area (TPSA) is 46.4 Å². The number of nitro benzene ring substituents is 1. The zero-order valence-corrected chi connectivity index (χ0v) is 13.6. The van der Waals surface area contributed by atoms with Crippen LogP contribution in [0.15, 0.2) is 22.7 Å². The van der Waals surface area contributed by atoms with Gasteiger partial charge in [-0.05, 0) is 65.3 Å². The highest BCUT2D eigenvalue weighted by Gasteiger charge is 2.23. The molecule has 0 spiro atoms. The summed E-state index contributed by atoms with van der Waals surface area (Å²) in [7, 11) is 0. The molecule has 0 N–H and O–H groups in total.